The molecule has 0 saturated heterocycles. The third-order valence-electron chi connectivity index (χ3n) is 3.04. The Morgan fingerprint density at radius 2 is 1.39 bits per heavy atom. The molecule has 0 aliphatic heterocycles. The molecular weight excluding hydrogens is 248 g/mol. The lowest BCUT2D eigenvalue weighted by Gasteiger charge is -2.27. The van der Waals surface area contributed by atoms with Crippen molar-refractivity contribution < 1.29 is 4.79 Å². The van der Waals surface area contributed by atoms with Gasteiger partial charge in [-0.25, -0.2) is 0 Å². The van der Waals surface area contributed by atoms with Gasteiger partial charge in [0.2, 0.25) is 5.91 Å². The number of hydrogen-bond donors (Lipinski definition) is 1. The zero-order valence-corrected chi connectivity index (χ0v) is 13.4. The maximum atomic E-state index is 12.1. The normalized spacial score (nSPS) is 12.4. The van der Waals surface area contributed by atoms with Gasteiger partial charge in [-0.1, -0.05) is 34.6 Å². The lowest BCUT2D eigenvalue weighted by atomic mass is 10.1. The van der Waals surface area contributed by atoms with Gasteiger partial charge in [-0.05, 0) is 24.7 Å². The van der Waals surface area contributed by atoms with E-state index in [1.807, 2.05) is 11.8 Å². The Bertz CT molecular complexity index is 208. The van der Waals surface area contributed by atoms with Gasteiger partial charge in [0.25, 0.3) is 0 Å². The summed E-state index contributed by atoms with van der Waals surface area (Å²) in [4.78, 5) is 14.1. The zero-order valence-electron chi connectivity index (χ0n) is 12.6. The van der Waals surface area contributed by atoms with Crippen LogP contribution in [0.2, 0.25) is 0 Å². The van der Waals surface area contributed by atoms with Crippen molar-refractivity contribution in [3.05, 3.63) is 0 Å². The molecule has 0 aliphatic rings. The molecule has 0 aliphatic carbocycles. The average molecular weight is 279 g/mol. The summed E-state index contributed by atoms with van der Waals surface area (Å²) in [7, 11) is 0. The molecule has 0 heterocycles. The summed E-state index contributed by atoms with van der Waals surface area (Å²) in [6, 6.07) is 0. The fraction of sp³-hybridized carbons (Fsp3) is 0.929. The first kappa shape index (κ1) is 20.0. The quantitative estimate of drug-likeness (QED) is 0.742. The number of nitrogens with zero attached hydrogens (tertiary/aromatic N) is 1. The molecular formula is C14H31ClN2O. The first-order valence-electron chi connectivity index (χ1n) is 6.87. The van der Waals surface area contributed by atoms with Crippen molar-refractivity contribution in [3.63, 3.8) is 0 Å². The fourth-order valence-electron chi connectivity index (χ4n) is 1.57. The zero-order chi connectivity index (χ0) is 13.4. The summed E-state index contributed by atoms with van der Waals surface area (Å²) >= 11 is 0. The molecule has 0 saturated carbocycles. The van der Waals surface area contributed by atoms with Crippen LogP contribution in [0, 0.1) is 17.8 Å². The van der Waals surface area contributed by atoms with Crippen LogP contribution >= 0.6 is 12.4 Å². The second-order valence-corrected chi connectivity index (χ2v) is 5.83. The van der Waals surface area contributed by atoms with E-state index < -0.39 is 0 Å². The van der Waals surface area contributed by atoms with Crippen LogP contribution in [0.4, 0.5) is 0 Å². The van der Waals surface area contributed by atoms with Crippen LogP contribution in [0.1, 0.15) is 47.5 Å². The molecule has 0 rings (SSSR count). The van der Waals surface area contributed by atoms with Crippen molar-refractivity contribution in [3.8, 4) is 0 Å². The highest BCUT2D eigenvalue weighted by Crippen LogP contribution is 2.10. The molecule has 1 unspecified atom stereocenters. The van der Waals surface area contributed by atoms with E-state index >= 15 is 0 Å². The van der Waals surface area contributed by atoms with Gasteiger partial charge in [0.1, 0.15) is 0 Å². The Kier molecular flexibility index (Phi) is 11.8. The van der Waals surface area contributed by atoms with Crippen LogP contribution in [0.3, 0.4) is 0 Å². The van der Waals surface area contributed by atoms with Crippen LogP contribution in [0.25, 0.3) is 0 Å². The maximum Gasteiger partial charge on any atom is 0.226 e. The van der Waals surface area contributed by atoms with Crippen LogP contribution in [-0.2, 0) is 4.79 Å². The van der Waals surface area contributed by atoms with Gasteiger partial charge in [-0.2, -0.15) is 0 Å². The lowest BCUT2D eigenvalue weighted by Crippen LogP contribution is -2.39. The predicted octanol–water partition coefficient (Wildman–Crippen LogP) is 2.92. The van der Waals surface area contributed by atoms with Gasteiger partial charge in [0, 0.05) is 25.6 Å². The molecule has 1 amide bonds. The highest BCUT2D eigenvalue weighted by atomic mass is 35.5. The topological polar surface area (TPSA) is 46.3 Å². The van der Waals surface area contributed by atoms with E-state index in [9.17, 15) is 4.79 Å². The summed E-state index contributed by atoms with van der Waals surface area (Å²) in [5, 5.41) is 0. The number of halogens is 1. The Hall–Kier alpha value is -0.280. The SMILES string of the molecule is CC(C)CCN(CCC(C)C)C(=O)C(C)CN.Cl. The first-order valence-corrected chi connectivity index (χ1v) is 6.87. The number of carbonyl (C=O) groups excluding carboxylic acids is 1. The Balaban J connectivity index is 0. The number of amides is 1. The Morgan fingerprint density at radius 3 is 1.67 bits per heavy atom. The van der Waals surface area contributed by atoms with E-state index in [0.717, 1.165) is 25.9 Å². The molecule has 0 fully saturated rings. The fourth-order valence-corrected chi connectivity index (χ4v) is 1.57. The van der Waals surface area contributed by atoms with E-state index in [-0.39, 0.29) is 24.2 Å². The molecule has 2 N–H and O–H groups in total. The third kappa shape index (κ3) is 8.76. The summed E-state index contributed by atoms with van der Waals surface area (Å²) in [6.07, 6.45) is 2.14. The summed E-state index contributed by atoms with van der Waals surface area (Å²) in [5.74, 6) is 1.44. The molecule has 0 aromatic rings. The van der Waals surface area contributed by atoms with Crippen molar-refractivity contribution in [2.24, 2.45) is 23.5 Å². The molecule has 0 aromatic carbocycles. The van der Waals surface area contributed by atoms with Gasteiger partial charge < -0.3 is 10.6 Å². The van der Waals surface area contributed by atoms with Crippen molar-refractivity contribution in [1.29, 1.82) is 0 Å². The minimum absolute atomic E-state index is 0. The highest BCUT2D eigenvalue weighted by molar-refractivity contribution is 5.85. The minimum atomic E-state index is -0.0469. The number of rotatable bonds is 8. The van der Waals surface area contributed by atoms with Crippen LogP contribution in [0.5, 0.6) is 0 Å². The molecule has 0 radical (unpaired) electrons. The van der Waals surface area contributed by atoms with Crippen LogP contribution < -0.4 is 5.73 Å². The molecule has 0 spiro atoms. The van der Waals surface area contributed by atoms with Gasteiger partial charge in [-0.15, -0.1) is 12.4 Å². The molecule has 110 valence electrons. The largest absolute Gasteiger partial charge is 0.342 e. The summed E-state index contributed by atoms with van der Waals surface area (Å²) < 4.78 is 0. The van der Waals surface area contributed by atoms with E-state index in [2.05, 4.69) is 27.7 Å². The lowest BCUT2D eigenvalue weighted by molar-refractivity contribution is -0.135. The minimum Gasteiger partial charge on any atom is -0.342 e. The second kappa shape index (κ2) is 10.6. The Labute approximate surface area is 119 Å². The van der Waals surface area contributed by atoms with E-state index in [4.69, 9.17) is 5.73 Å². The van der Waals surface area contributed by atoms with Gasteiger partial charge in [0.15, 0.2) is 0 Å². The van der Waals surface area contributed by atoms with Crippen molar-refractivity contribution >= 4 is 18.3 Å². The molecule has 3 nitrogen and oxygen atoms in total. The van der Waals surface area contributed by atoms with E-state index in [1.54, 1.807) is 0 Å². The number of carbonyl (C=O) groups is 1. The van der Waals surface area contributed by atoms with Crippen molar-refractivity contribution in [1.82, 2.24) is 4.90 Å². The van der Waals surface area contributed by atoms with E-state index in [0.29, 0.717) is 18.4 Å². The first-order chi connectivity index (χ1) is 7.88. The maximum absolute atomic E-state index is 12.1. The third-order valence-corrected chi connectivity index (χ3v) is 3.04. The molecule has 0 bridgehead atoms. The molecule has 18 heavy (non-hydrogen) atoms. The number of hydrogen-bond acceptors (Lipinski definition) is 2. The Morgan fingerprint density at radius 1 is 1.00 bits per heavy atom. The van der Waals surface area contributed by atoms with Crippen LogP contribution in [0.15, 0.2) is 0 Å². The standard InChI is InChI=1S/C14H30N2O.ClH/c1-11(2)6-8-16(9-7-12(3)4)14(17)13(5)10-15;/h11-13H,6-10,15H2,1-5H3;1H. The van der Waals surface area contributed by atoms with Gasteiger partial charge in [-0.3, -0.25) is 4.79 Å². The van der Waals surface area contributed by atoms with Crippen molar-refractivity contribution in [2.45, 2.75) is 47.5 Å². The van der Waals surface area contributed by atoms with Gasteiger partial charge in [0.05, 0.1) is 0 Å². The van der Waals surface area contributed by atoms with Crippen molar-refractivity contribution in [2.75, 3.05) is 19.6 Å². The van der Waals surface area contributed by atoms with E-state index in [1.165, 1.54) is 0 Å². The van der Waals surface area contributed by atoms with Gasteiger partial charge >= 0.3 is 0 Å². The monoisotopic (exact) mass is 278 g/mol. The summed E-state index contributed by atoms with van der Waals surface area (Å²) in [6.45, 7) is 12.9. The number of nitrogens with two attached hydrogens (primary N) is 1. The summed E-state index contributed by atoms with van der Waals surface area (Å²) in [5.41, 5.74) is 5.58. The molecule has 1 atom stereocenters. The predicted molar refractivity (Wildman–Crippen MR) is 81.0 cm³/mol. The van der Waals surface area contributed by atoms with Crippen LogP contribution in [-0.4, -0.2) is 30.4 Å². The molecule has 4 heteroatoms. The molecule has 0 aromatic heterocycles. The highest BCUT2D eigenvalue weighted by Gasteiger charge is 2.19. The second-order valence-electron chi connectivity index (χ2n) is 5.83. The average Bonchev–Trinajstić information content (AvgIpc) is 2.26. The smallest absolute Gasteiger partial charge is 0.226 e.